The number of benzene rings is 1. The summed E-state index contributed by atoms with van der Waals surface area (Å²) in [7, 11) is 0. The van der Waals surface area contributed by atoms with Crippen molar-refractivity contribution in [1.82, 2.24) is 19.8 Å². The van der Waals surface area contributed by atoms with E-state index in [1.54, 1.807) is 11.1 Å². The Kier molecular flexibility index (Phi) is 5.29. The lowest BCUT2D eigenvalue weighted by Crippen LogP contribution is -2.43. The molecule has 1 aromatic carbocycles. The summed E-state index contributed by atoms with van der Waals surface area (Å²) in [6, 6.07) is 4.43. The molecule has 0 bridgehead atoms. The number of alkyl halides is 3. The molecule has 1 aliphatic heterocycles. The van der Waals surface area contributed by atoms with Crippen molar-refractivity contribution in [2.75, 3.05) is 13.1 Å². The van der Waals surface area contributed by atoms with Gasteiger partial charge in [0.15, 0.2) is 0 Å². The van der Waals surface area contributed by atoms with Crippen LogP contribution in [-0.2, 0) is 28.9 Å². The Hall–Kier alpha value is -3.10. The maximum Gasteiger partial charge on any atom is 0.416 e. The van der Waals surface area contributed by atoms with E-state index >= 15 is 0 Å². The number of aromatic nitrogens is 2. The largest absolute Gasteiger partial charge is 0.416 e. The van der Waals surface area contributed by atoms with E-state index in [1.807, 2.05) is 10.8 Å². The molecule has 2 amide bonds. The van der Waals surface area contributed by atoms with Crippen LogP contribution in [0.25, 0.3) is 6.08 Å². The maximum atomic E-state index is 12.5. The zero-order valence-corrected chi connectivity index (χ0v) is 14.2. The summed E-state index contributed by atoms with van der Waals surface area (Å²) in [4.78, 5) is 29.8. The minimum atomic E-state index is -4.40. The molecule has 0 radical (unpaired) electrons. The fraction of sp³-hybridized carbons (Fsp3) is 0.278. The van der Waals surface area contributed by atoms with Crippen LogP contribution in [0.3, 0.4) is 0 Å². The van der Waals surface area contributed by atoms with Crippen molar-refractivity contribution in [3.05, 3.63) is 59.7 Å². The second-order valence-corrected chi connectivity index (χ2v) is 6.02. The Morgan fingerprint density at radius 3 is 2.63 bits per heavy atom. The van der Waals surface area contributed by atoms with Gasteiger partial charge >= 0.3 is 6.18 Å². The molecule has 2 heterocycles. The lowest BCUT2D eigenvalue weighted by atomic mass is 10.1. The first-order valence-electron chi connectivity index (χ1n) is 8.24. The Balaban J connectivity index is 1.48. The highest BCUT2D eigenvalue weighted by molar-refractivity contribution is 5.94. The molecule has 142 valence electrons. The Bertz CT molecular complexity index is 856. The van der Waals surface area contributed by atoms with Crippen molar-refractivity contribution in [2.24, 2.45) is 0 Å². The van der Waals surface area contributed by atoms with Gasteiger partial charge in [-0.1, -0.05) is 12.1 Å². The number of carbonyl (C=O) groups excluding carboxylic acids is 2. The molecule has 0 atom stereocenters. The van der Waals surface area contributed by atoms with Gasteiger partial charge in [-0.25, -0.2) is 4.98 Å². The Morgan fingerprint density at radius 2 is 1.93 bits per heavy atom. The van der Waals surface area contributed by atoms with Gasteiger partial charge in [-0.15, -0.1) is 0 Å². The van der Waals surface area contributed by atoms with Crippen LogP contribution in [0.15, 0.2) is 42.7 Å². The SMILES string of the molecule is O=C(/C=C/c1ccc(C(F)(F)F)cc1)NCC(=O)N1CCn2ccnc2C1. The van der Waals surface area contributed by atoms with Crippen LogP contribution in [0.4, 0.5) is 13.2 Å². The van der Waals surface area contributed by atoms with E-state index in [0.717, 1.165) is 18.0 Å². The van der Waals surface area contributed by atoms with Crippen molar-refractivity contribution in [2.45, 2.75) is 19.3 Å². The number of halogens is 3. The summed E-state index contributed by atoms with van der Waals surface area (Å²) in [5.41, 5.74) is -0.302. The fourth-order valence-electron chi connectivity index (χ4n) is 2.67. The first-order chi connectivity index (χ1) is 12.8. The first kappa shape index (κ1) is 18.7. The number of nitrogens with zero attached hydrogens (tertiary/aromatic N) is 3. The van der Waals surface area contributed by atoms with Gasteiger partial charge in [0.05, 0.1) is 18.7 Å². The van der Waals surface area contributed by atoms with Crippen LogP contribution >= 0.6 is 0 Å². The molecule has 27 heavy (non-hydrogen) atoms. The highest BCUT2D eigenvalue weighted by atomic mass is 19.4. The molecule has 3 rings (SSSR count). The molecule has 0 unspecified atom stereocenters. The summed E-state index contributed by atoms with van der Waals surface area (Å²) >= 11 is 0. The minimum Gasteiger partial charge on any atom is -0.343 e. The summed E-state index contributed by atoms with van der Waals surface area (Å²) in [5, 5.41) is 2.48. The normalized spacial score (nSPS) is 14.3. The number of amides is 2. The Labute approximate surface area is 153 Å². The van der Waals surface area contributed by atoms with Crippen molar-refractivity contribution < 1.29 is 22.8 Å². The van der Waals surface area contributed by atoms with Crippen LogP contribution in [0, 0.1) is 0 Å². The molecule has 1 N–H and O–H groups in total. The molecule has 0 saturated heterocycles. The number of carbonyl (C=O) groups is 2. The van der Waals surface area contributed by atoms with E-state index in [0.29, 0.717) is 25.2 Å². The summed E-state index contributed by atoms with van der Waals surface area (Å²) in [6.07, 6.45) is 1.70. The van der Waals surface area contributed by atoms with Crippen molar-refractivity contribution in [3.8, 4) is 0 Å². The average Bonchev–Trinajstić information content (AvgIpc) is 3.11. The number of imidazole rings is 1. The van der Waals surface area contributed by atoms with Gasteiger partial charge in [0.2, 0.25) is 11.8 Å². The molecular weight excluding hydrogens is 361 g/mol. The third-order valence-electron chi connectivity index (χ3n) is 4.18. The lowest BCUT2D eigenvalue weighted by molar-refractivity contribution is -0.137. The highest BCUT2D eigenvalue weighted by Gasteiger charge is 2.29. The molecule has 1 aliphatic rings. The van der Waals surface area contributed by atoms with E-state index in [9.17, 15) is 22.8 Å². The van der Waals surface area contributed by atoms with E-state index in [-0.39, 0.29) is 12.5 Å². The molecule has 6 nitrogen and oxygen atoms in total. The summed E-state index contributed by atoms with van der Waals surface area (Å²) < 4.78 is 39.5. The summed E-state index contributed by atoms with van der Waals surface area (Å²) in [5.74, 6) is 0.0745. The number of fused-ring (bicyclic) bond motifs is 1. The van der Waals surface area contributed by atoms with Crippen LogP contribution in [0.2, 0.25) is 0 Å². The van der Waals surface area contributed by atoms with Crippen molar-refractivity contribution >= 4 is 17.9 Å². The molecular formula is C18H17F3N4O2. The van der Waals surface area contributed by atoms with Crippen LogP contribution in [0.1, 0.15) is 17.0 Å². The smallest absolute Gasteiger partial charge is 0.343 e. The van der Waals surface area contributed by atoms with Gasteiger partial charge in [-0.05, 0) is 23.8 Å². The molecule has 0 saturated carbocycles. The molecule has 0 spiro atoms. The van der Waals surface area contributed by atoms with Gasteiger partial charge in [0.1, 0.15) is 5.82 Å². The molecule has 1 aromatic heterocycles. The standard InChI is InChI=1S/C18H17F3N4O2/c19-18(20,21)14-4-1-13(2-5-14)3-6-16(26)23-11-17(27)25-10-9-24-8-7-22-15(24)12-25/h1-8H,9-12H2,(H,23,26)/b6-3+. The average molecular weight is 378 g/mol. The van der Waals surface area contributed by atoms with Crippen LogP contribution in [0.5, 0.6) is 0 Å². The second kappa shape index (κ2) is 7.65. The highest BCUT2D eigenvalue weighted by Crippen LogP contribution is 2.29. The van der Waals surface area contributed by atoms with E-state index in [4.69, 9.17) is 0 Å². The van der Waals surface area contributed by atoms with Crippen LogP contribution < -0.4 is 5.32 Å². The van der Waals surface area contributed by atoms with Crippen LogP contribution in [-0.4, -0.2) is 39.4 Å². The predicted molar refractivity (Wildman–Crippen MR) is 91.1 cm³/mol. The molecule has 0 aliphatic carbocycles. The lowest BCUT2D eigenvalue weighted by Gasteiger charge is -2.27. The van der Waals surface area contributed by atoms with Gasteiger partial charge in [0, 0.05) is 31.6 Å². The van der Waals surface area contributed by atoms with E-state index in [1.165, 1.54) is 24.3 Å². The zero-order valence-electron chi connectivity index (χ0n) is 14.2. The number of rotatable bonds is 4. The minimum absolute atomic E-state index is 0.156. The number of hydrogen-bond donors (Lipinski definition) is 1. The van der Waals surface area contributed by atoms with Crippen molar-refractivity contribution in [3.63, 3.8) is 0 Å². The predicted octanol–water partition coefficient (Wildman–Crippen LogP) is 2.07. The van der Waals surface area contributed by atoms with E-state index < -0.39 is 17.6 Å². The summed E-state index contributed by atoms with van der Waals surface area (Å²) in [6.45, 7) is 1.43. The van der Waals surface area contributed by atoms with Crippen molar-refractivity contribution in [1.29, 1.82) is 0 Å². The van der Waals surface area contributed by atoms with Gasteiger partial charge in [0.25, 0.3) is 0 Å². The van der Waals surface area contributed by atoms with Gasteiger partial charge in [-0.2, -0.15) is 13.2 Å². The zero-order chi connectivity index (χ0) is 19.4. The quantitative estimate of drug-likeness (QED) is 0.829. The number of nitrogens with one attached hydrogen (secondary N) is 1. The first-order valence-corrected chi connectivity index (χ1v) is 8.24. The third kappa shape index (κ3) is 4.75. The Morgan fingerprint density at radius 1 is 1.19 bits per heavy atom. The van der Waals surface area contributed by atoms with E-state index in [2.05, 4.69) is 10.3 Å². The fourth-order valence-corrected chi connectivity index (χ4v) is 2.67. The van der Waals surface area contributed by atoms with Gasteiger partial charge < -0.3 is 14.8 Å². The second-order valence-electron chi connectivity index (χ2n) is 6.02. The monoisotopic (exact) mass is 378 g/mol. The molecule has 9 heteroatoms. The number of hydrogen-bond acceptors (Lipinski definition) is 3. The molecule has 0 fully saturated rings. The molecule has 2 aromatic rings. The third-order valence-corrected chi connectivity index (χ3v) is 4.18. The van der Waals surface area contributed by atoms with Gasteiger partial charge in [-0.3, -0.25) is 9.59 Å². The maximum absolute atomic E-state index is 12.5. The topological polar surface area (TPSA) is 67.2 Å².